The molecule has 0 N–H and O–H groups in total. The molecule has 3 heterocycles. The summed E-state index contributed by atoms with van der Waals surface area (Å²) in [6, 6.07) is 8.74. The molecule has 1 aromatic rings. The van der Waals surface area contributed by atoms with Crippen LogP contribution in [0.4, 0.5) is 0 Å². The summed E-state index contributed by atoms with van der Waals surface area (Å²) in [7, 11) is 1.65. The van der Waals surface area contributed by atoms with Gasteiger partial charge in [-0.2, -0.15) is 0 Å². The lowest BCUT2D eigenvalue weighted by Crippen LogP contribution is -2.49. The molecule has 0 aromatic heterocycles. The molecule has 3 fully saturated rings. The summed E-state index contributed by atoms with van der Waals surface area (Å²) < 4.78 is -0.402. The molecular formula is C16H14INO2S. The first-order valence-corrected chi connectivity index (χ1v) is 10.8. The Morgan fingerprint density at radius 1 is 1.24 bits per heavy atom. The highest BCUT2D eigenvalue weighted by Crippen LogP contribution is 2.68. The normalized spacial score (nSPS) is 45.9. The van der Waals surface area contributed by atoms with Crippen LogP contribution in [0.25, 0.3) is 0 Å². The van der Waals surface area contributed by atoms with Crippen LogP contribution < -0.4 is 0 Å². The van der Waals surface area contributed by atoms with Crippen molar-refractivity contribution in [3.63, 3.8) is 0 Å². The molecule has 21 heavy (non-hydrogen) atoms. The molecule has 0 amide bonds. The van der Waals surface area contributed by atoms with Crippen molar-refractivity contribution < 1.29 is 9.59 Å². The van der Waals surface area contributed by atoms with Crippen molar-refractivity contribution >= 4 is 41.7 Å². The summed E-state index contributed by atoms with van der Waals surface area (Å²) in [6.45, 7) is 0. The van der Waals surface area contributed by atoms with Gasteiger partial charge in [-0.1, -0.05) is 33.2 Å². The van der Waals surface area contributed by atoms with Crippen LogP contribution >= 0.6 is 30.1 Å². The third-order valence-corrected chi connectivity index (χ3v) is 9.12. The predicted octanol–water partition coefficient (Wildman–Crippen LogP) is 3.24. The van der Waals surface area contributed by atoms with Crippen molar-refractivity contribution in [2.24, 2.45) is 5.92 Å². The molecule has 0 spiro atoms. The number of carbonyl (C=O) groups excluding carboxylic acids is 2. The lowest BCUT2D eigenvalue weighted by molar-refractivity contribution is -0.123. The molecule has 5 rings (SSSR count). The largest absolute Gasteiger partial charge is 0.299 e. The Morgan fingerprint density at radius 3 is 2.76 bits per heavy atom. The molecule has 0 radical (unpaired) electrons. The van der Waals surface area contributed by atoms with Gasteiger partial charge in [0.05, 0.1) is 12.1 Å². The van der Waals surface area contributed by atoms with Crippen LogP contribution in [0.2, 0.25) is 0 Å². The fraction of sp³-hybridized carbons (Fsp3) is 0.500. The molecule has 1 aromatic carbocycles. The highest BCUT2D eigenvalue weighted by atomic mass is 127. The summed E-state index contributed by atoms with van der Waals surface area (Å²) in [6.07, 6.45) is 2.37. The van der Waals surface area contributed by atoms with Gasteiger partial charge in [0.25, 0.3) is 0 Å². The van der Waals surface area contributed by atoms with Crippen molar-refractivity contribution in [2.45, 2.75) is 42.1 Å². The second kappa shape index (κ2) is 4.11. The van der Waals surface area contributed by atoms with E-state index in [9.17, 15) is 9.59 Å². The van der Waals surface area contributed by atoms with E-state index in [0.717, 1.165) is 12.8 Å². The first kappa shape index (κ1) is 13.1. The number of fused-ring (bicyclic) bond motifs is 3. The predicted molar refractivity (Wildman–Crippen MR) is 89.2 cm³/mol. The Bertz CT molecular complexity index is 693. The van der Waals surface area contributed by atoms with Gasteiger partial charge < -0.3 is 0 Å². The molecule has 1 saturated carbocycles. The smallest absolute Gasteiger partial charge is 0.173 e. The highest BCUT2D eigenvalue weighted by molar-refractivity contribution is 14.2. The summed E-state index contributed by atoms with van der Waals surface area (Å²) in [5, 5.41) is 0. The quantitative estimate of drug-likeness (QED) is 0.666. The van der Waals surface area contributed by atoms with Crippen molar-refractivity contribution in [2.75, 3.05) is 0 Å². The monoisotopic (exact) mass is 411 g/mol. The molecule has 2 saturated heterocycles. The number of halogens is 1. The van der Waals surface area contributed by atoms with Crippen molar-refractivity contribution in [3.8, 4) is 0 Å². The van der Waals surface area contributed by atoms with E-state index in [1.165, 1.54) is 11.1 Å². The zero-order valence-electron chi connectivity index (χ0n) is 11.3. The number of nitrogens with zero attached hydrogens (tertiary/aromatic N) is 1. The average molecular weight is 411 g/mol. The Hall–Kier alpha value is -0.400. The molecule has 4 bridgehead atoms. The number of piperidine rings is 1. The van der Waals surface area contributed by atoms with E-state index < -0.39 is 4.75 Å². The number of ketones is 2. The molecule has 6 atom stereocenters. The van der Waals surface area contributed by atoms with Gasteiger partial charge in [0.1, 0.15) is 10.5 Å². The van der Waals surface area contributed by atoms with Crippen LogP contribution in [0.3, 0.4) is 0 Å². The average Bonchev–Trinajstić information content (AvgIpc) is 3.09. The van der Waals surface area contributed by atoms with Crippen LogP contribution in [0, 0.1) is 5.92 Å². The SMILES string of the molecule is O=C1CCC2C1CC1(SI)C(=O)C3c4ccccc4C1N32. The van der Waals surface area contributed by atoms with E-state index in [4.69, 9.17) is 0 Å². The van der Waals surface area contributed by atoms with Gasteiger partial charge in [-0.15, -0.1) is 0 Å². The fourth-order valence-electron chi connectivity index (χ4n) is 5.15. The van der Waals surface area contributed by atoms with E-state index in [1.54, 1.807) is 8.93 Å². The standard InChI is InChI=1S/C16H14INO2S/c17-21-16-7-10-11(5-6-12(10)19)18-13(15(16)20)8-3-1-2-4-9(8)14(16)18/h1-4,10-11,13-14H,5-7H2. The minimum Gasteiger partial charge on any atom is -0.299 e. The molecule has 5 heteroatoms. The summed E-state index contributed by atoms with van der Waals surface area (Å²) in [5.74, 6) is 0.789. The van der Waals surface area contributed by atoms with Crippen molar-refractivity contribution in [3.05, 3.63) is 35.4 Å². The molecule has 3 aliphatic heterocycles. The molecule has 4 aliphatic rings. The highest BCUT2D eigenvalue weighted by Gasteiger charge is 2.71. The number of carbonyl (C=O) groups is 2. The van der Waals surface area contributed by atoms with Gasteiger partial charge in [-0.3, -0.25) is 14.5 Å². The lowest BCUT2D eigenvalue weighted by atomic mass is 9.75. The van der Waals surface area contributed by atoms with Crippen LogP contribution in [-0.2, 0) is 9.59 Å². The minimum absolute atomic E-state index is 0.0757. The zero-order valence-corrected chi connectivity index (χ0v) is 14.3. The van der Waals surface area contributed by atoms with Gasteiger partial charge in [-0.05, 0) is 45.2 Å². The third-order valence-electron chi connectivity index (χ3n) is 5.90. The van der Waals surface area contributed by atoms with Gasteiger partial charge in [-0.25, -0.2) is 0 Å². The molecule has 108 valence electrons. The topological polar surface area (TPSA) is 37.4 Å². The van der Waals surface area contributed by atoms with Crippen molar-refractivity contribution in [1.82, 2.24) is 4.90 Å². The van der Waals surface area contributed by atoms with Gasteiger partial charge in [0.2, 0.25) is 0 Å². The number of benzene rings is 1. The van der Waals surface area contributed by atoms with E-state index in [1.807, 2.05) is 6.07 Å². The number of hydrogen-bond acceptors (Lipinski definition) is 4. The maximum atomic E-state index is 13.1. The lowest BCUT2D eigenvalue weighted by Gasteiger charge is -2.44. The van der Waals surface area contributed by atoms with Gasteiger partial charge in [0.15, 0.2) is 5.78 Å². The second-order valence-electron chi connectivity index (χ2n) is 6.60. The molecule has 1 aliphatic carbocycles. The molecular weight excluding hydrogens is 397 g/mol. The van der Waals surface area contributed by atoms with Crippen LogP contribution in [0.15, 0.2) is 24.3 Å². The zero-order chi connectivity index (χ0) is 14.4. The molecule has 3 nitrogen and oxygen atoms in total. The summed E-state index contributed by atoms with van der Waals surface area (Å²) in [5.41, 5.74) is 2.51. The Morgan fingerprint density at radius 2 is 2.00 bits per heavy atom. The maximum Gasteiger partial charge on any atom is 0.173 e. The summed E-state index contributed by atoms with van der Waals surface area (Å²) >= 11 is 2.28. The Labute approximate surface area is 139 Å². The van der Waals surface area contributed by atoms with Crippen molar-refractivity contribution in [1.29, 1.82) is 0 Å². The van der Waals surface area contributed by atoms with E-state index in [0.29, 0.717) is 18.0 Å². The molecule has 6 unspecified atom stereocenters. The third kappa shape index (κ3) is 1.33. The van der Waals surface area contributed by atoms with E-state index >= 15 is 0 Å². The maximum absolute atomic E-state index is 13.1. The van der Waals surface area contributed by atoms with Crippen LogP contribution in [0.5, 0.6) is 0 Å². The van der Waals surface area contributed by atoms with E-state index in [-0.39, 0.29) is 24.0 Å². The van der Waals surface area contributed by atoms with E-state index in [2.05, 4.69) is 44.3 Å². The second-order valence-corrected chi connectivity index (χ2v) is 8.80. The van der Waals surface area contributed by atoms with Crippen LogP contribution in [-0.4, -0.2) is 27.3 Å². The summed E-state index contributed by atoms with van der Waals surface area (Å²) in [4.78, 5) is 27.8. The van der Waals surface area contributed by atoms with Crippen LogP contribution in [0.1, 0.15) is 42.5 Å². The number of rotatable bonds is 1. The van der Waals surface area contributed by atoms with Gasteiger partial charge in [0, 0.05) is 18.4 Å². The first-order valence-electron chi connectivity index (χ1n) is 7.42. The Balaban J connectivity index is 1.75. The number of hydrogen-bond donors (Lipinski definition) is 0. The first-order chi connectivity index (χ1) is 10.2. The Kier molecular flexibility index (Phi) is 2.56. The minimum atomic E-state index is -0.402. The van der Waals surface area contributed by atoms with Gasteiger partial charge >= 0.3 is 0 Å². The fourth-order valence-corrected chi connectivity index (χ4v) is 7.82. The number of Topliss-reactive ketones (excluding diaryl/α,β-unsaturated/α-hetero) is 2.